The van der Waals surface area contributed by atoms with Crippen LogP contribution in [0.1, 0.15) is 13.3 Å². The molecule has 84 valence electrons. The van der Waals surface area contributed by atoms with Crippen molar-refractivity contribution in [3.8, 4) is 5.75 Å². The van der Waals surface area contributed by atoms with Gasteiger partial charge in [0, 0.05) is 5.69 Å². The molecular formula is C9H14N2O3S. The topological polar surface area (TPSA) is 95.4 Å². The highest BCUT2D eigenvalue weighted by atomic mass is 32.2. The quantitative estimate of drug-likeness (QED) is 0.744. The van der Waals surface area contributed by atoms with Crippen LogP contribution < -0.4 is 15.6 Å². The Bertz CT molecular complexity index is 443. The molecule has 6 heteroatoms. The Balaban J connectivity index is 3.15. The van der Waals surface area contributed by atoms with Crippen LogP contribution in [0.2, 0.25) is 0 Å². The van der Waals surface area contributed by atoms with Gasteiger partial charge < -0.3 is 10.5 Å². The van der Waals surface area contributed by atoms with Crippen molar-refractivity contribution < 1.29 is 13.2 Å². The standard InChI is InChI=1S/C9H14N2O3S/c1-2-5-14-8-4-3-7(10)6-9(8)15(11,12)13/h3-4,6H,2,5,10H2,1H3,(H2,11,12,13). The largest absolute Gasteiger partial charge is 0.492 e. The molecule has 0 heterocycles. The molecular weight excluding hydrogens is 216 g/mol. The summed E-state index contributed by atoms with van der Waals surface area (Å²) in [7, 11) is -3.79. The molecule has 5 nitrogen and oxygen atoms in total. The minimum Gasteiger partial charge on any atom is -0.492 e. The summed E-state index contributed by atoms with van der Waals surface area (Å²) in [4.78, 5) is -0.0732. The van der Waals surface area contributed by atoms with Crippen LogP contribution in [0.5, 0.6) is 5.75 Å². The van der Waals surface area contributed by atoms with Crippen molar-refractivity contribution in [2.45, 2.75) is 18.2 Å². The maximum atomic E-state index is 11.2. The second kappa shape index (κ2) is 4.50. The summed E-state index contributed by atoms with van der Waals surface area (Å²) in [6.45, 7) is 2.36. The maximum Gasteiger partial charge on any atom is 0.241 e. The Morgan fingerprint density at radius 2 is 2.07 bits per heavy atom. The maximum absolute atomic E-state index is 11.2. The third kappa shape index (κ3) is 3.10. The van der Waals surface area contributed by atoms with E-state index < -0.39 is 10.0 Å². The summed E-state index contributed by atoms with van der Waals surface area (Å²) >= 11 is 0. The van der Waals surface area contributed by atoms with Crippen molar-refractivity contribution in [2.75, 3.05) is 12.3 Å². The zero-order valence-electron chi connectivity index (χ0n) is 8.43. The molecule has 1 aromatic rings. The smallest absolute Gasteiger partial charge is 0.241 e. The van der Waals surface area contributed by atoms with Crippen LogP contribution in [-0.4, -0.2) is 15.0 Å². The lowest BCUT2D eigenvalue weighted by Gasteiger charge is -2.09. The molecule has 0 aromatic heterocycles. The van der Waals surface area contributed by atoms with Gasteiger partial charge in [0.2, 0.25) is 10.0 Å². The third-order valence-corrected chi connectivity index (χ3v) is 2.67. The number of nitrogen functional groups attached to an aromatic ring is 1. The van der Waals surface area contributed by atoms with Gasteiger partial charge in [-0.3, -0.25) is 0 Å². The van der Waals surface area contributed by atoms with Crippen LogP contribution in [0.3, 0.4) is 0 Å². The van der Waals surface area contributed by atoms with Crippen molar-refractivity contribution in [2.24, 2.45) is 5.14 Å². The molecule has 0 aliphatic carbocycles. The Morgan fingerprint density at radius 3 is 2.60 bits per heavy atom. The van der Waals surface area contributed by atoms with Crippen LogP contribution in [0.25, 0.3) is 0 Å². The summed E-state index contributed by atoms with van der Waals surface area (Å²) in [5, 5.41) is 5.03. The first-order chi connectivity index (χ1) is 6.95. The molecule has 0 fully saturated rings. The average Bonchev–Trinajstić information content (AvgIpc) is 2.14. The molecule has 0 bridgehead atoms. The van der Waals surface area contributed by atoms with Crippen molar-refractivity contribution in [1.82, 2.24) is 0 Å². The molecule has 0 amide bonds. The first-order valence-electron chi connectivity index (χ1n) is 4.50. The van der Waals surface area contributed by atoms with Gasteiger partial charge >= 0.3 is 0 Å². The number of rotatable bonds is 4. The first kappa shape index (κ1) is 11.8. The fraction of sp³-hybridized carbons (Fsp3) is 0.333. The highest BCUT2D eigenvalue weighted by Gasteiger charge is 2.15. The highest BCUT2D eigenvalue weighted by molar-refractivity contribution is 7.89. The van der Waals surface area contributed by atoms with Gasteiger partial charge in [0.25, 0.3) is 0 Å². The van der Waals surface area contributed by atoms with Crippen molar-refractivity contribution in [1.29, 1.82) is 0 Å². The molecule has 0 atom stereocenters. The number of primary sulfonamides is 1. The first-order valence-corrected chi connectivity index (χ1v) is 6.05. The minimum absolute atomic E-state index is 0.0732. The van der Waals surface area contributed by atoms with E-state index in [1.165, 1.54) is 12.1 Å². The Hall–Kier alpha value is -1.27. The lowest BCUT2D eigenvalue weighted by Crippen LogP contribution is -2.14. The average molecular weight is 230 g/mol. The zero-order valence-corrected chi connectivity index (χ0v) is 9.25. The molecule has 1 rings (SSSR count). The van der Waals surface area contributed by atoms with Crippen LogP contribution in [-0.2, 0) is 10.0 Å². The SMILES string of the molecule is CCCOc1ccc(N)cc1S(N)(=O)=O. The molecule has 15 heavy (non-hydrogen) atoms. The van der Waals surface area contributed by atoms with Gasteiger partial charge in [-0.1, -0.05) is 6.92 Å². The monoisotopic (exact) mass is 230 g/mol. The molecule has 4 N–H and O–H groups in total. The fourth-order valence-electron chi connectivity index (χ4n) is 1.08. The predicted molar refractivity (Wildman–Crippen MR) is 58.0 cm³/mol. The normalized spacial score (nSPS) is 11.3. The van der Waals surface area contributed by atoms with E-state index >= 15 is 0 Å². The summed E-state index contributed by atoms with van der Waals surface area (Å²) in [6, 6.07) is 4.37. The lowest BCUT2D eigenvalue weighted by molar-refractivity contribution is 0.309. The number of anilines is 1. The Kier molecular flexibility index (Phi) is 3.54. The van der Waals surface area contributed by atoms with Gasteiger partial charge in [-0.15, -0.1) is 0 Å². The summed E-state index contributed by atoms with van der Waals surface area (Å²) in [5.41, 5.74) is 5.81. The second-order valence-electron chi connectivity index (χ2n) is 3.10. The van der Waals surface area contributed by atoms with Crippen LogP contribution in [0, 0.1) is 0 Å². The summed E-state index contributed by atoms with van der Waals surface area (Å²) in [5.74, 6) is 0.244. The molecule has 0 aliphatic heterocycles. The van der Waals surface area contributed by atoms with Crippen LogP contribution >= 0.6 is 0 Å². The number of sulfonamides is 1. The van der Waals surface area contributed by atoms with E-state index in [0.29, 0.717) is 12.3 Å². The summed E-state index contributed by atoms with van der Waals surface area (Å²) < 4.78 is 27.7. The molecule has 0 saturated heterocycles. The van der Waals surface area contributed by atoms with Crippen molar-refractivity contribution in [3.05, 3.63) is 18.2 Å². The van der Waals surface area contributed by atoms with E-state index in [2.05, 4.69) is 0 Å². The van der Waals surface area contributed by atoms with Crippen LogP contribution in [0.4, 0.5) is 5.69 Å². The van der Waals surface area contributed by atoms with Crippen molar-refractivity contribution in [3.63, 3.8) is 0 Å². The van der Waals surface area contributed by atoms with E-state index in [9.17, 15) is 8.42 Å². The third-order valence-electron chi connectivity index (χ3n) is 1.74. The number of hydrogen-bond donors (Lipinski definition) is 2. The molecule has 1 aromatic carbocycles. The Morgan fingerprint density at radius 1 is 1.40 bits per heavy atom. The fourth-order valence-corrected chi connectivity index (χ4v) is 1.79. The molecule has 0 unspecified atom stereocenters. The summed E-state index contributed by atoms with van der Waals surface area (Å²) in [6.07, 6.45) is 0.786. The van der Waals surface area contributed by atoms with E-state index in [-0.39, 0.29) is 10.6 Å². The van der Waals surface area contributed by atoms with E-state index in [1.54, 1.807) is 6.07 Å². The van der Waals surface area contributed by atoms with Crippen LogP contribution in [0.15, 0.2) is 23.1 Å². The number of hydrogen-bond acceptors (Lipinski definition) is 4. The number of benzene rings is 1. The van der Waals surface area contributed by atoms with Crippen molar-refractivity contribution >= 4 is 15.7 Å². The lowest BCUT2D eigenvalue weighted by atomic mass is 10.3. The minimum atomic E-state index is -3.79. The molecule has 0 radical (unpaired) electrons. The van der Waals surface area contributed by atoms with E-state index in [0.717, 1.165) is 6.42 Å². The zero-order chi connectivity index (χ0) is 11.5. The van der Waals surface area contributed by atoms with Gasteiger partial charge in [-0.25, -0.2) is 13.6 Å². The van der Waals surface area contributed by atoms with E-state index in [4.69, 9.17) is 15.6 Å². The van der Waals surface area contributed by atoms with Gasteiger partial charge in [0.05, 0.1) is 6.61 Å². The van der Waals surface area contributed by atoms with Gasteiger partial charge in [-0.2, -0.15) is 0 Å². The number of ether oxygens (including phenoxy) is 1. The van der Waals surface area contributed by atoms with Gasteiger partial charge in [-0.05, 0) is 24.6 Å². The molecule has 0 aliphatic rings. The molecule has 0 spiro atoms. The predicted octanol–water partition coefficient (Wildman–Crippen LogP) is 0.705. The van der Waals surface area contributed by atoms with E-state index in [1.807, 2.05) is 6.92 Å². The Labute approximate surface area is 89.1 Å². The second-order valence-corrected chi connectivity index (χ2v) is 4.63. The highest BCUT2D eigenvalue weighted by Crippen LogP contribution is 2.25. The molecule has 0 saturated carbocycles. The van der Waals surface area contributed by atoms with Gasteiger partial charge in [0.15, 0.2) is 0 Å². The number of nitrogens with two attached hydrogens (primary N) is 2. The van der Waals surface area contributed by atoms with Gasteiger partial charge in [0.1, 0.15) is 10.6 Å².